The Bertz CT molecular complexity index is 615. The molecule has 0 saturated carbocycles. The van der Waals surface area contributed by atoms with Gasteiger partial charge in [-0.15, -0.1) is 0 Å². The molecule has 0 spiro atoms. The molecule has 0 aliphatic carbocycles. The van der Waals surface area contributed by atoms with Gasteiger partial charge in [-0.1, -0.05) is 45.0 Å². The van der Waals surface area contributed by atoms with Crippen LogP contribution in [-0.2, 0) is 12.0 Å². The first-order valence-corrected chi connectivity index (χ1v) is 6.74. The van der Waals surface area contributed by atoms with Crippen LogP contribution in [0, 0.1) is 0 Å². The van der Waals surface area contributed by atoms with Crippen molar-refractivity contribution in [1.82, 2.24) is 0 Å². The van der Waals surface area contributed by atoms with Gasteiger partial charge in [-0.3, -0.25) is 4.79 Å². The zero-order valence-corrected chi connectivity index (χ0v) is 13.4. The highest BCUT2D eigenvalue weighted by Gasteiger charge is 2.13. The average molecular weight is 305 g/mol. The minimum absolute atomic E-state index is 0. The van der Waals surface area contributed by atoms with Crippen molar-refractivity contribution in [3.8, 4) is 0 Å². The van der Waals surface area contributed by atoms with E-state index in [4.69, 9.17) is 5.73 Å². The summed E-state index contributed by atoms with van der Waals surface area (Å²) in [5, 5.41) is 0. The van der Waals surface area contributed by atoms with Gasteiger partial charge in [0.25, 0.3) is 5.91 Å². The molecule has 112 valence electrons. The van der Waals surface area contributed by atoms with E-state index in [0.717, 1.165) is 6.54 Å². The third-order valence-electron chi connectivity index (χ3n) is 3.33. The number of rotatable bonds is 3. The van der Waals surface area contributed by atoms with Gasteiger partial charge in [0.15, 0.2) is 18.9 Å². The lowest BCUT2D eigenvalue weighted by atomic mass is 9.87. The standard InChI is InChI=1S/C17H20N2O.ClH/c1-17(2,3)15-8-6-13(7-9-15)11-19-10-4-5-14(12-19)16(18)20;/h4-10,12H,11H2,1-3H3,(H-,18,20);1H. The van der Waals surface area contributed by atoms with Crippen molar-refractivity contribution in [3.05, 3.63) is 65.5 Å². The zero-order chi connectivity index (χ0) is 14.8. The van der Waals surface area contributed by atoms with E-state index in [2.05, 4.69) is 45.0 Å². The lowest BCUT2D eigenvalue weighted by Crippen LogP contribution is -3.00. The van der Waals surface area contributed by atoms with Crippen LogP contribution in [0.3, 0.4) is 0 Å². The number of nitrogens with two attached hydrogens (primary N) is 1. The molecule has 1 aromatic carbocycles. The fourth-order valence-corrected chi connectivity index (χ4v) is 2.09. The van der Waals surface area contributed by atoms with Gasteiger partial charge < -0.3 is 18.1 Å². The highest BCUT2D eigenvalue weighted by Crippen LogP contribution is 2.22. The molecule has 0 bridgehead atoms. The van der Waals surface area contributed by atoms with Crippen molar-refractivity contribution in [2.24, 2.45) is 5.73 Å². The lowest BCUT2D eigenvalue weighted by Gasteiger charge is -2.18. The Hall–Kier alpha value is -1.87. The van der Waals surface area contributed by atoms with E-state index in [9.17, 15) is 4.79 Å². The number of hydrogen-bond donors (Lipinski definition) is 1. The van der Waals surface area contributed by atoms with E-state index in [-0.39, 0.29) is 17.8 Å². The SMILES string of the molecule is CC(C)(C)c1ccc(C[n+]2cccc(C(N)=O)c2)cc1.[Cl-]. The molecular weight excluding hydrogens is 284 g/mol. The summed E-state index contributed by atoms with van der Waals surface area (Å²) in [6.45, 7) is 7.33. The second kappa shape index (κ2) is 6.72. The smallest absolute Gasteiger partial charge is 0.254 e. The van der Waals surface area contributed by atoms with Crippen LogP contribution in [0.2, 0.25) is 0 Å². The first kappa shape index (κ1) is 17.2. The quantitative estimate of drug-likeness (QED) is 0.758. The number of aromatic nitrogens is 1. The molecule has 0 unspecified atom stereocenters. The predicted octanol–water partition coefficient (Wildman–Crippen LogP) is -0.577. The Balaban J connectivity index is 0.00000220. The molecule has 1 heterocycles. The maximum Gasteiger partial charge on any atom is 0.254 e. The van der Waals surface area contributed by atoms with Gasteiger partial charge in [-0.05, 0) is 17.0 Å². The zero-order valence-electron chi connectivity index (χ0n) is 12.6. The van der Waals surface area contributed by atoms with Crippen LogP contribution in [0.25, 0.3) is 0 Å². The number of primary amides is 1. The molecule has 0 radical (unpaired) electrons. The summed E-state index contributed by atoms with van der Waals surface area (Å²) in [6, 6.07) is 12.1. The van der Waals surface area contributed by atoms with Crippen molar-refractivity contribution in [1.29, 1.82) is 0 Å². The van der Waals surface area contributed by atoms with Gasteiger partial charge in [0, 0.05) is 11.6 Å². The summed E-state index contributed by atoms with van der Waals surface area (Å²) >= 11 is 0. The molecule has 0 aliphatic heterocycles. The topological polar surface area (TPSA) is 47.0 Å². The summed E-state index contributed by atoms with van der Waals surface area (Å²) in [4.78, 5) is 11.2. The Kier molecular flexibility index (Phi) is 5.50. The van der Waals surface area contributed by atoms with Crippen molar-refractivity contribution < 1.29 is 21.8 Å². The summed E-state index contributed by atoms with van der Waals surface area (Å²) in [5.41, 5.74) is 8.50. The molecule has 3 nitrogen and oxygen atoms in total. The lowest BCUT2D eigenvalue weighted by molar-refractivity contribution is -0.688. The van der Waals surface area contributed by atoms with E-state index in [1.54, 1.807) is 12.3 Å². The van der Waals surface area contributed by atoms with Crippen molar-refractivity contribution in [3.63, 3.8) is 0 Å². The van der Waals surface area contributed by atoms with Crippen LogP contribution < -0.4 is 22.7 Å². The van der Waals surface area contributed by atoms with Gasteiger partial charge in [0.2, 0.25) is 0 Å². The first-order chi connectivity index (χ1) is 9.36. The van der Waals surface area contributed by atoms with Crippen LogP contribution in [0.4, 0.5) is 0 Å². The largest absolute Gasteiger partial charge is 1.00 e. The minimum atomic E-state index is -0.401. The maximum absolute atomic E-state index is 11.2. The molecular formula is C17H21ClN2O. The fraction of sp³-hybridized carbons (Fsp3) is 0.294. The summed E-state index contributed by atoms with van der Waals surface area (Å²) < 4.78 is 1.96. The van der Waals surface area contributed by atoms with E-state index >= 15 is 0 Å². The van der Waals surface area contributed by atoms with Gasteiger partial charge in [0.05, 0.1) is 0 Å². The van der Waals surface area contributed by atoms with Crippen LogP contribution in [-0.4, -0.2) is 5.91 Å². The molecule has 2 N–H and O–H groups in total. The van der Waals surface area contributed by atoms with Crippen molar-refractivity contribution >= 4 is 5.91 Å². The summed E-state index contributed by atoms with van der Waals surface area (Å²) in [5.74, 6) is -0.401. The maximum atomic E-state index is 11.2. The molecule has 0 aliphatic rings. The van der Waals surface area contributed by atoms with E-state index in [1.165, 1.54) is 11.1 Å². The van der Waals surface area contributed by atoms with Crippen molar-refractivity contribution in [2.75, 3.05) is 0 Å². The molecule has 4 heteroatoms. The third kappa shape index (κ3) is 4.57. The molecule has 0 fully saturated rings. The Morgan fingerprint density at radius 3 is 2.29 bits per heavy atom. The number of carbonyl (C=O) groups is 1. The molecule has 2 rings (SSSR count). The predicted molar refractivity (Wildman–Crippen MR) is 79.4 cm³/mol. The molecule has 0 saturated heterocycles. The number of amides is 1. The van der Waals surface area contributed by atoms with Crippen molar-refractivity contribution in [2.45, 2.75) is 32.7 Å². The summed E-state index contributed by atoms with van der Waals surface area (Å²) in [7, 11) is 0. The van der Waals surface area contributed by atoms with E-state index < -0.39 is 5.91 Å². The van der Waals surface area contributed by atoms with E-state index in [0.29, 0.717) is 5.56 Å². The fourth-order valence-electron chi connectivity index (χ4n) is 2.09. The second-order valence-corrected chi connectivity index (χ2v) is 6.08. The molecule has 1 aromatic heterocycles. The third-order valence-corrected chi connectivity index (χ3v) is 3.33. The van der Waals surface area contributed by atoms with Gasteiger partial charge in [-0.2, -0.15) is 4.57 Å². The number of nitrogens with zero attached hydrogens (tertiary/aromatic N) is 1. The first-order valence-electron chi connectivity index (χ1n) is 6.74. The molecule has 2 aromatic rings. The van der Waals surface area contributed by atoms with Crippen LogP contribution in [0.15, 0.2) is 48.8 Å². The highest BCUT2D eigenvalue weighted by atomic mass is 35.5. The Morgan fingerprint density at radius 2 is 1.76 bits per heavy atom. The Labute approximate surface area is 132 Å². The molecule has 1 amide bonds. The van der Waals surface area contributed by atoms with E-state index in [1.807, 2.05) is 16.8 Å². The average Bonchev–Trinajstić information content (AvgIpc) is 2.38. The van der Waals surface area contributed by atoms with Gasteiger partial charge in [-0.25, -0.2) is 0 Å². The van der Waals surface area contributed by atoms with Crippen LogP contribution >= 0.6 is 0 Å². The minimum Gasteiger partial charge on any atom is -1.00 e. The summed E-state index contributed by atoms with van der Waals surface area (Å²) in [6.07, 6.45) is 3.71. The molecule has 21 heavy (non-hydrogen) atoms. The highest BCUT2D eigenvalue weighted by molar-refractivity contribution is 5.92. The number of halogens is 1. The van der Waals surface area contributed by atoms with Crippen LogP contribution in [0.1, 0.15) is 42.3 Å². The van der Waals surface area contributed by atoms with Gasteiger partial charge >= 0.3 is 0 Å². The normalized spacial score (nSPS) is 10.8. The number of hydrogen-bond acceptors (Lipinski definition) is 1. The van der Waals surface area contributed by atoms with Crippen LogP contribution in [0.5, 0.6) is 0 Å². The second-order valence-electron chi connectivity index (χ2n) is 6.08. The van der Waals surface area contributed by atoms with Gasteiger partial charge in [0.1, 0.15) is 5.56 Å². The molecule has 0 atom stereocenters. The number of pyridine rings is 1. The monoisotopic (exact) mass is 304 g/mol. The number of benzene rings is 1. The Morgan fingerprint density at radius 1 is 1.14 bits per heavy atom. The number of carbonyl (C=O) groups excluding carboxylic acids is 1.